The number of carbonyl (C=O) groups excluding carboxylic acids is 1. The summed E-state index contributed by atoms with van der Waals surface area (Å²) < 4.78 is 0. The molecule has 0 unspecified atom stereocenters. The number of terminal acetylenes is 1. The summed E-state index contributed by atoms with van der Waals surface area (Å²) in [6.07, 6.45) is 7.57. The molecule has 0 aliphatic carbocycles. The van der Waals surface area contributed by atoms with E-state index >= 15 is 0 Å². The molecular formula is C14H24N2O3. The lowest BCUT2D eigenvalue weighted by Crippen LogP contribution is -2.50. The van der Waals surface area contributed by atoms with Crippen molar-refractivity contribution in [2.45, 2.75) is 45.6 Å². The van der Waals surface area contributed by atoms with Crippen LogP contribution < -0.4 is 5.32 Å². The smallest absolute Gasteiger partial charge is 0.317 e. The lowest BCUT2D eigenvalue weighted by Gasteiger charge is -2.28. The molecule has 5 nitrogen and oxygen atoms in total. The van der Waals surface area contributed by atoms with E-state index in [0.717, 1.165) is 6.42 Å². The Kier molecular flexibility index (Phi) is 7.85. The van der Waals surface area contributed by atoms with E-state index in [9.17, 15) is 9.59 Å². The van der Waals surface area contributed by atoms with Crippen molar-refractivity contribution in [1.29, 1.82) is 0 Å². The third-order valence-electron chi connectivity index (χ3n) is 3.13. The second-order valence-electron chi connectivity index (χ2n) is 4.59. The van der Waals surface area contributed by atoms with Crippen molar-refractivity contribution in [1.82, 2.24) is 10.2 Å². The van der Waals surface area contributed by atoms with Crippen LogP contribution in [0.3, 0.4) is 0 Å². The largest absolute Gasteiger partial charge is 0.480 e. The van der Waals surface area contributed by atoms with Gasteiger partial charge in [-0.1, -0.05) is 26.7 Å². The minimum atomic E-state index is -0.935. The molecule has 0 rings (SSSR count). The Labute approximate surface area is 115 Å². The minimum absolute atomic E-state index is 0.0591. The molecule has 0 aromatic carbocycles. The quantitative estimate of drug-likeness (QED) is 0.614. The first-order valence-electron chi connectivity index (χ1n) is 6.65. The molecule has 1 amide bonds. The van der Waals surface area contributed by atoms with Crippen molar-refractivity contribution in [3.63, 3.8) is 0 Å². The normalized spacial score (nSPS) is 11.1. The van der Waals surface area contributed by atoms with Gasteiger partial charge in [0.1, 0.15) is 5.54 Å². The summed E-state index contributed by atoms with van der Waals surface area (Å²) in [5.74, 6) is 1.46. The minimum Gasteiger partial charge on any atom is -0.480 e. The van der Waals surface area contributed by atoms with Gasteiger partial charge in [-0.15, -0.1) is 6.42 Å². The topological polar surface area (TPSA) is 69.6 Å². The number of carboxylic acid groups (broad SMARTS) is 1. The number of amides is 1. The van der Waals surface area contributed by atoms with Gasteiger partial charge < -0.3 is 10.4 Å². The highest BCUT2D eigenvalue weighted by molar-refractivity contribution is 5.80. The lowest BCUT2D eigenvalue weighted by atomic mass is 9.94. The van der Waals surface area contributed by atoms with Crippen LogP contribution >= 0.6 is 0 Å². The highest BCUT2D eigenvalue weighted by Crippen LogP contribution is 2.13. The first-order chi connectivity index (χ1) is 8.92. The maximum atomic E-state index is 12.0. The molecule has 108 valence electrons. The van der Waals surface area contributed by atoms with Gasteiger partial charge in [0.25, 0.3) is 0 Å². The van der Waals surface area contributed by atoms with Gasteiger partial charge in [0.2, 0.25) is 5.91 Å². The summed E-state index contributed by atoms with van der Waals surface area (Å²) in [5, 5.41) is 11.6. The number of aliphatic carboxylic acids is 1. The van der Waals surface area contributed by atoms with Crippen molar-refractivity contribution >= 4 is 11.9 Å². The first-order valence-corrected chi connectivity index (χ1v) is 6.65. The van der Waals surface area contributed by atoms with Crippen molar-refractivity contribution in [2.24, 2.45) is 0 Å². The zero-order chi connectivity index (χ0) is 14.9. The zero-order valence-electron chi connectivity index (χ0n) is 12.0. The van der Waals surface area contributed by atoms with Gasteiger partial charge in [0.05, 0.1) is 13.1 Å². The Morgan fingerprint density at radius 1 is 1.26 bits per heavy atom. The molecular weight excluding hydrogens is 244 g/mol. The van der Waals surface area contributed by atoms with Crippen LogP contribution in [0.15, 0.2) is 0 Å². The maximum absolute atomic E-state index is 12.0. The molecule has 0 aliphatic heterocycles. The highest BCUT2D eigenvalue weighted by atomic mass is 16.4. The van der Waals surface area contributed by atoms with Gasteiger partial charge in [-0.05, 0) is 25.8 Å². The standard InChI is InChI=1S/C14H24N2O3/c1-5-9-16(11-13(18)19)10-12(17)15-14(6-2,7-3)8-4/h2H,5,7-11H2,1,3-4H3,(H,15,17)(H,18,19). The molecule has 19 heavy (non-hydrogen) atoms. The second-order valence-corrected chi connectivity index (χ2v) is 4.59. The van der Waals surface area contributed by atoms with E-state index in [2.05, 4.69) is 11.2 Å². The molecule has 0 bridgehead atoms. The molecule has 0 spiro atoms. The third kappa shape index (κ3) is 6.25. The molecule has 0 saturated carbocycles. The number of rotatable bonds is 9. The number of nitrogens with zero attached hydrogens (tertiary/aromatic N) is 1. The van der Waals surface area contributed by atoms with E-state index in [1.165, 1.54) is 0 Å². The summed E-state index contributed by atoms with van der Waals surface area (Å²) in [6.45, 7) is 6.28. The summed E-state index contributed by atoms with van der Waals surface area (Å²) >= 11 is 0. The van der Waals surface area contributed by atoms with E-state index in [1.807, 2.05) is 20.8 Å². The molecule has 0 radical (unpaired) electrons. The number of hydrogen-bond acceptors (Lipinski definition) is 3. The Bertz CT molecular complexity index is 343. The van der Waals surface area contributed by atoms with Crippen LogP contribution in [0.1, 0.15) is 40.0 Å². The van der Waals surface area contributed by atoms with Crippen molar-refractivity contribution in [2.75, 3.05) is 19.6 Å². The maximum Gasteiger partial charge on any atom is 0.317 e. The van der Waals surface area contributed by atoms with Crippen LogP contribution in [0.2, 0.25) is 0 Å². The predicted octanol–water partition coefficient (Wildman–Crippen LogP) is 1.09. The monoisotopic (exact) mass is 268 g/mol. The van der Waals surface area contributed by atoms with Crippen molar-refractivity contribution < 1.29 is 14.7 Å². The van der Waals surface area contributed by atoms with Crippen LogP contribution in [0, 0.1) is 12.3 Å². The highest BCUT2D eigenvalue weighted by Gasteiger charge is 2.26. The first kappa shape index (κ1) is 17.5. The van der Waals surface area contributed by atoms with E-state index < -0.39 is 11.5 Å². The molecule has 0 aliphatic rings. The van der Waals surface area contributed by atoms with Gasteiger partial charge >= 0.3 is 5.97 Å². The molecule has 0 atom stereocenters. The van der Waals surface area contributed by atoms with Crippen LogP contribution in [0.25, 0.3) is 0 Å². The molecule has 0 aromatic rings. The van der Waals surface area contributed by atoms with E-state index in [4.69, 9.17) is 11.5 Å². The Balaban J connectivity index is 4.56. The lowest BCUT2D eigenvalue weighted by molar-refractivity contribution is -0.138. The average molecular weight is 268 g/mol. The van der Waals surface area contributed by atoms with Gasteiger partial charge in [-0.2, -0.15) is 0 Å². The van der Waals surface area contributed by atoms with Gasteiger partial charge in [-0.3, -0.25) is 14.5 Å². The van der Waals surface area contributed by atoms with Gasteiger partial charge in [0, 0.05) is 0 Å². The molecule has 5 heteroatoms. The van der Waals surface area contributed by atoms with Crippen LogP contribution in [0.5, 0.6) is 0 Å². The summed E-state index contributed by atoms with van der Waals surface area (Å²) in [4.78, 5) is 24.3. The van der Waals surface area contributed by atoms with Crippen LogP contribution in [-0.2, 0) is 9.59 Å². The predicted molar refractivity (Wildman–Crippen MR) is 74.7 cm³/mol. The van der Waals surface area contributed by atoms with Gasteiger partial charge in [-0.25, -0.2) is 0 Å². The van der Waals surface area contributed by atoms with E-state index in [-0.39, 0.29) is 19.0 Å². The fraction of sp³-hybridized carbons (Fsp3) is 0.714. The fourth-order valence-electron chi connectivity index (χ4n) is 1.90. The molecule has 0 aromatic heterocycles. The third-order valence-corrected chi connectivity index (χ3v) is 3.13. The Morgan fingerprint density at radius 3 is 2.21 bits per heavy atom. The van der Waals surface area contributed by atoms with Crippen molar-refractivity contribution in [3.05, 3.63) is 0 Å². The number of carboxylic acids is 1. The van der Waals surface area contributed by atoms with Crippen LogP contribution in [-0.4, -0.2) is 47.1 Å². The van der Waals surface area contributed by atoms with E-state index in [0.29, 0.717) is 19.4 Å². The molecule has 0 saturated heterocycles. The number of hydrogen-bond donors (Lipinski definition) is 2. The summed E-state index contributed by atoms with van der Waals surface area (Å²) in [7, 11) is 0. The molecule has 0 heterocycles. The SMILES string of the molecule is C#CC(CC)(CC)NC(=O)CN(CCC)CC(=O)O. The fourth-order valence-corrected chi connectivity index (χ4v) is 1.90. The molecule has 2 N–H and O–H groups in total. The molecule has 0 fully saturated rings. The Hall–Kier alpha value is -1.54. The summed E-state index contributed by atoms with van der Waals surface area (Å²) in [6, 6.07) is 0. The average Bonchev–Trinajstić information content (AvgIpc) is 2.35. The second kappa shape index (κ2) is 8.54. The van der Waals surface area contributed by atoms with E-state index in [1.54, 1.807) is 4.90 Å². The Morgan fingerprint density at radius 2 is 1.84 bits per heavy atom. The summed E-state index contributed by atoms with van der Waals surface area (Å²) in [5.41, 5.74) is -0.627. The van der Waals surface area contributed by atoms with Crippen molar-refractivity contribution in [3.8, 4) is 12.3 Å². The number of carbonyl (C=O) groups is 2. The van der Waals surface area contributed by atoms with Crippen LogP contribution in [0.4, 0.5) is 0 Å². The van der Waals surface area contributed by atoms with Gasteiger partial charge in [0.15, 0.2) is 0 Å². The zero-order valence-corrected chi connectivity index (χ0v) is 12.0. The number of nitrogens with one attached hydrogen (secondary N) is 1.